The molecule has 0 radical (unpaired) electrons. The molecule has 0 saturated heterocycles. The molecule has 0 fully saturated rings. The smallest absolute Gasteiger partial charge is 0.220 e. The van der Waals surface area contributed by atoms with Crippen molar-refractivity contribution in [2.75, 3.05) is 5.73 Å². The number of para-hydroxylation sites is 1. The molecule has 0 saturated carbocycles. The van der Waals surface area contributed by atoms with Crippen molar-refractivity contribution in [3.63, 3.8) is 0 Å². The first-order chi connectivity index (χ1) is 5.77. The summed E-state index contributed by atoms with van der Waals surface area (Å²) in [5.41, 5.74) is 5.57. The van der Waals surface area contributed by atoms with Crippen molar-refractivity contribution in [1.82, 2.24) is 9.97 Å². The van der Waals surface area contributed by atoms with E-state index in [0.29, 0.717) is 5.39 Å². The Bertz CT molecular complexity index is 428. The SMILES string of the molecule is Nc1ncc2cccc(F)c2n1. The van der Waals surface area contributed by atoms with E-state index in [1.165, 1.54) is 12.3 Å². The molecule has 0 aliphatic carbocycles. The Morgan fingerprint density at radius 3 is 3.00 bits per heavy atom. The van der Waals surface area contributed by atoms with Gasteiger partial charge >= 0.3 is 0 Å². The van der Waals surface area contributed by atoms with Crippen LogP contribution in [0.5, 0.6) is 0 Å². The van der Waals surface area contributed by atoms with Gasteiger partial charge < -0.3 is 5.73 Å². The second-order valence-electron chi connectivity index (χ2n) is 2.41. The maximum absolute atomic E-state index is 13.0. The minimum atomic E-state index is -0.374. The van der Waals surface area contributed by atoms with Gasteiger partial charge in [-0.3, -0.25) is 0 Å². The summed E-state index contributed by atoms with van der Waals surface area (Å²) < 4.78 is 13.0. The van der Waals surface area contributed by atoms with Crippen LogP contribution in [0.15, 0.2) is 24.4 Å². The lowest BCUT2D eigenvalue weighted by Crippen LogP contribution is -1.95. The van der Waals surface area contributed by atoms with Crippen LogP contribution in [0.1, 0.15) is 0 Å². The van der Waals surface area contributed by atoms with E-state index in [2.05, 4.69) is 9.97 Å². The Labute approximate surface area is 68.1 Å². The predicted molar refractivity (Wildman–Crippen MR) is 43.9 cm³/mol. The Balaban J connectivity index is 2.88. The maximum Gasteiger partial charge on any atom is 0.220 e. The van der Waals surface area contributed by atoms with Crippen LogP contribution in [-0.2, 0) is 0 Å². The predicted octanol–water partition coefficient (Wildman–Crippen LogP) is 1.35. The van der Waals surface area contributed by atoms with Gasteiger partial charge in [-0.25, -0.2) is 14.4 Å². The lowest BCUT2D eigenvalue weighted by Gasteiger charge is -1.97. The average Bonchev–Trinajstić information content (AvgIpc) is 2.07. The highest BCUT2D eigenvalue weighted by Crippen LogP contribution is 2.14. The molecule has 60 valence electrons. The minimum absolute atomic E-state index is 0.0904. The fourth-order valence-electron chi connectivity index (χ4n) is 1.03. The highest BCUT2D eigenvalue weighted by molar-refractivity contribution is 5.78. The van der Waals surface area contributed by atoms with Gasteiger partial charge in [-0.2, -0.15) is 0 Å². The molecule has 3 nitrogen and oxygen atoms in total. The number of anilines is 1. The highest BCUT2D eigenvalue weighted by Gasteiger charge is 2.01. The average molecular weight is 163 g/mol. The number of aromatic nitrogens is 2. The number of rotatable bonds is 0. The van der Waals surface area contributed by atoms with Crippen molar-refractivity contribution < 1.29 is 4.39 Å². The van der Waals surface area contributed by atoms with E-state index in [0.717, 1.165) is 0 Å². The van der Waals surface area contributed by atoms with Gasteiger partial charge in [0.2, 0.25) is 5.95 Å². The lowest BCUT2D eigenvalue weighted by molar-refractivity contribution is 0.636. The fourth-order valence-corrected chi connectivity index (χ4v) is 1.03. The van der Waals surface area contributed by atoms with E-state index in [4.69, 9.17) is 5.73 Å². The van der Waals surface area contributed by atoms with Crippen molar-refractivity contribution in [2.45, 2.75) is 0 Å². The summed E-state index contributed by atoms with van der Waals surface area (Å²) in [4.78, 5) is 7.52. The first-order valence-corrected chi connectivity index (χ1v) is 3.44. The molecule has 0 bridgehead atoms. The monoisotopic (exact) mass is 163 g/mol. The van der Waals surface area contributed by atoms with E-state index < -0.39 is 0 Å². The first-order valence-electron chi connectivity index (χ1n) is 3.44. The number of benzene rings is 1. The van der Waals surface area contributed by atoms with Crippen LogP contribution >= 0.6 is 0 Å². The molecule has 4 heteroatoms. The van der Waals surface area contributed by atoms with Crippen molar-refractivity contribution >= 4 is 16.9 Å². The zero-order valence-corrected chi connectivity index (χ0v) is 6.16. The molecule has 2 rings (SSSR count). The second-order valence-corrected chi connectivity index (χ2v) is 2.41. The largest absolute Gasteiger partial charge is 0.368 e. The molecule has 0 amide bonds. The summed E-state index contributed by atoms with van der Waals surface area (Å²) in [5.74, 6) is -0.283. The Morgan fingerprint density at radius 2 is 2.17 bits per heavy atom. The molecule has 12 heavy (non-hydrogen) atoms. The van der Waals surface area contributed by atoms with Gasteiger partial charge in [-0.05, 0) is 6.07 Å². The molecule has 0 atom stereocenters. The Morgan fingerprint density at radius 1 is 1.33 bits per heavy atom. The van der Waals surface area contributed by atoms with Crippen LogP contribution in [0, 0.1) is 5.82 Å². The maximum atomic E-state index is 13.0. The van der Waals surface area contributed by atoms with Gasteiger partial charge in [0.15, 0.2) is 0 Å². The van der Waals surface area contributed by atoms with Gasteiger partial charge in [0.05, 0.1) is 0 Å². The number of nitrogens with zero attached hydrogens (tertiary/aromatic N) is 2. The number of fused-ring (bicyclic) bond motifs is 1. The fraction of sp³-hybridized carbons (Fsp3) is 0. The van der Waals surface area contributed by atoms with Gasteiger partial charge in [0.25, 0.3) is 0 Å². The van der Waals surface area contributed by atoms with E-state index in [-0.39, 0.29) is 17.3 Å². The molecule has 1 aromatic heterocycles. The van der Waals surface area contributed by atoms with Crippen LogP contribution in [0.4, 0.5) is 10.3 Å². The number of nitrogens with two attached hydrogens (primary N) is 1. The van der Waals surface area contributed by atoms with Gasteiger partial charge in [-0.1, -0.05) is 12.1 Å². The number of halogens is 1. The summed E-state index contributed by atoms with van der Waals surface area (Å²) in [6, 6.07) is 4.68. The first kappa shape index (κ1) is 6.97. The van der Waals surface area contributed by atoms with Gasteiger partial charge in [0, 0.05) is 11.6 Å². The van der Waals surface area contributed by atoms with E-state index in [1.54, 1.807) is 12.1 Å². The minimum Gasteiger partial charge on any atom is -0.368 e. The number of hydrogen-bond acceptors (Lipinski definition) is 3. The Hall–Kier alpha value is -1.71. The van der Waals surface area contributed by atoms with Crippen LogP contribution < -0.4 is 5.73 Å². The normalized spacial score (nSPS) is 10.4. The number of hydrogen-bond donors (Lipinski definition) is 1. The molecule has 1 aromatic carbocycles. The van der Waals surface area contributed by atoms with Crippen molar-refractivity contribution in [1.29, 1.82) is 0 Å². The van der Waals surface area contributed by atoms with Crippen molar-refractivity contribution in [2.24, 2.45) is 0 Å². The summed E-state index contributed by atoms with van der Waals surface area (Å²) in [6.45, 7) is 0. The van der Waals surface area contributed by atoms with E-state index >= 15 is 0 Å². The lowest BCUT2D eigenvalue weighted by atomic mass is 10.2. The van der Waals surface area contributed by atoms with Crippen LogP contribution in [-0.4, -0.2) is 9.97 Å². The molecular weight excluding hydrogens is 157 g/mol. The zero-order valence-electron chi connectivity index (χ0n) is 6.16. The van der Waals surface area contributed by atoms with Crippen molar-refractivity contribution in [3.05, 3.63) is 30.2 Å². The third-order valence-corrected chi connectivity index (χ3v) is 1.58. The molecule has 0 unspecified atom stereocenters. The highest BCUT2D eigenvalue weighted by atomic mass is 19.1. The van der Waals surface area contributed by atoms with Gasteiger partial charge in [-0.15, -0.1) is 0 Å². The number of nitrogen functional groups attached to an aromatic ring is 1. The Kier molecular flexibility index (Phi) is 1.40. The van der Waals surface area contributed by atoms with Gasteiger partial charge in [0.1, 0.15) is 11.3 Å². The summed E-state index contributed by atoms with van der Waals surface area (Å²) in [7, 11) is 0. The summed E-state index contributed by atoms with van der Waals surface area (Å²) in [6.07, 6.45) is 1.50. The van der Waals surface area contributed by atoms with Crippen LogP contribution in [0.2, 0.25) is 0 Å². The molecule has 1 heterocycles. The van der Waals surface area contributed by atoms with Crippen LogP contribution in [0.3, 0.4) is 0 Å². The third-order valence-electron chi connectivity index (χ3n) is 1.58. The topological polar surface area (TPSA) is 51.8 Å². The molecule has 0 spiro atoms. The summed E-state index contributed by atoms with van der Waals surface area (Å²) in [5, 5.41) is 0.657. The molecule has 0 aliphatic heterocycles. The second kappa shape index (κ2) is 2.41. The summed E-state index contributed by atoms with van der Waals surface area (Å²) >= 11 is 0. The molecule has 2 N–H and O–H groups in total. The molecule has 0 aliphatic rings. The third kappa shape index (κ3) is 0.972. The van der Waals surface area contributed by atoms with E-state index in [1.807, 2.05) is 0 Å². The standard InChI is InChI=1S/C8H6FN3/c9-6-3-1-2-5-4-11-8(10)12-7(5)6/h1-4H,(H2,10,11,12). The van der Waals surface area contributed by atoms with Crippen molar-refractivity contribution in [3.8, 4) is 0 Å². The van der Waals surface area contributed by atoms with Crippen LogP contribution in [0.25, 0.3) is 10.9 Å². The quantitative estimate of drug-likeness (QED) is 0.637. The molecular formula is C8H6FN3. The zero-order chi connectivity index (χ0) is 8.55. The van der Waals surface area contributed by atoms with E-state index in [9.17, 15) is 4.39 Å². The molecule has 2 aromatic rings.